The van der Waals surface area contributed by atoms with Gasteiger partial charge >= 0.3 is 0 Å². The van der Waals surface area contributed by atoms with Crippen LogP contribution in [-0.2, 0) is 17.6 Å². The van der Waals surface area contributed by atoms with Gasteiger partial charge in [0.1, 0.15) is 0 Å². The van der Waals surface area contributed by atoms with E-state index in [-0.39, 0.29) is 30.7 Å². The van der Waals surface area contributed by atoms with Crippen LogP contribution in [0.4, 0.5) is 0 Å². The normalized spacial score (nSPS) is 15.2. The molecule has 1 N–H and O–H groups in total. The predicted octanol–water partition coefficient (Wildman–Crippen LogP) is 2.55. The maximum absolute atomic E-state index is 12.2. The first-order valence-electron chi connectivity index (χ1n) is 7.08. The maximum atomic E-state index is 12.2. The summed E-state index contributed by atoms with van der Waals surface area (Å²) < 4.78 is 0. The van der Waals surface area contributed by atoms with E-state index in [0.717, 1.165) is 55.5 Å². The summed E-state index contributed by atoms with van der Waals surface area (Å²) in [5.74, 6) is 0.955. The van der Waals surface area contributed by atoms with Crippen LogP contribution in [0, 0.1) is 5.92 Å². The quantitative estimate of drug-likeness (QED) is 0.884. The van der Waals surface area contributed by atoms with Crippen molar-refractivity contribution in [2.24, 2.45) is 5.92 Å². The Morgan fingerprint density at radius 2 is 2.10 bits per heavy atom. The van der Waals surface area contributed by atoms with Gasteiger partial charge in [0, 0.05) is 18.5 Å². The average molecular weight is 354 g/mol. The highest BCUT2D eigenvalue weighted by molar-refractivity contribution is 7.09. The van der Waals surface area contributed by atoms with Gasteiger partial charge in [-0.15, -0.1) is 36.2 Å². The second-order valence-corrected chi connectivity index (χ2v) is 6.09. The van der Waals surface area contributed by atoms with Crippen molar-refractivity contribution in [2.75, 3.05) is 26.7 Å². The molecule has 0 aliphatic carbocycles. The van der Waals surface area contributed by atoms with E-state index in [1.54, 1.807) is 11.3 Å². The van der Waals surface area contributed by atoms with Crippen LogP contribution in [0.2, 0.25) is 0 Å². The van der Waals surface area contributed by atoms with Gasteiger partial charge in [0.25, 0.3) is 0 Å². The molecule has 21 heavy (non-hydrogen) atoms. The van der Waals surface area contributed by atoms with Gasteiger partial charge in [-0.1, -0.05) is 6.92 Å². The lowest BCUT2D eigenvalue weighted by Crippen LogP contribution is -2.41. The van der Waals surface area contributed by atoms with Gasteiger partial charge in [0.15, 0.2) is 0 Å². The Balaban J connectivity index is 0.00000200. The molecule has 1 amide bonds. The molecule has 0 spiro atoms. The summed E-state index contributed by atoms with van der Waals surface area (Å²) >= 11 is 1.66. The second-order valence-electron chi connectivity index (χ2n) is 5.14. The molecule has 1 fully saturated rings. The van der Waals surface area contributed by atoms with E-state index < -0.39 is 0 Å². The molecule has 0 bridgehead atoms. The largest absolute Gasteiger partial charge is 0.342 e. The van der Waals surface area contributed by atoms with Crippen molar-refractivity contribution in [2.45, 2.75) is 32.6 Å². The van der Waals surface area contributed by atoms with Crippen LogP contribution in [-0.4, -0.2) is 42.5 Å². The van der Waals surface area contributed by atoms with Crippen molar-refractivity contribution in [3.05, 3.63) is 16.1 Å². The Morgan fingerprint density at radius 1 is 1.43 bits per heavy atom. The lowest BCUT2D eigenvalue weighted by Gasteiger charge is -2.31. The van der Waals surface area contributed by atoms with Crippen molar-refractivity contribution >= 4 is 42.1 Å². The van der Waals surface area contributed by atoms with Crippen LogP contribution >= 0.6 is 36.2 Å². The summed E-state index contributed by atoms with van der Waals surface area (Å²) in [5.41, 5.74) is 0.934. The zero-order chi connectivity index (χ0) is 13.7. The standard InChI is InChI=1S/C14H23N3OS.2ClH/c1-3-13-16-12(10-19-13)8-14(18)17-6-4-11(5-7-17)9-15-2;;/h10-11,15H,3-9H2,1-2H3;2*1H. The highest BCUT2D eigenvalue weighted by Crippen LogP contribution is 2.18. The van der Waals surface area contributed by atoms with Gasteiger partial charge in [0.05, 0.1) is 17.1 Å². The number of piperidine rings is 1. The van der Waals surface area contributed by atoms with Crippen LogP contribution in [0.25, 0.3) is 0 Å². The lowest BCUT2D eigenvalue weighted by atomic mass is 9.96. The van der Waals surface area contributed by atoms with Gasteiger partial charge in [0.2, 0.25) is 5.91 Å². The number of nitrogens with zero attached hydrogens (tertiary/aromatic N) is 2. The topological polar surface area (TPSA) is 45.2 Å². The third-order valence-corrected chi connectivity index (χ3v) is 4.74. The Kier molecular flexibility index (Phi) is 10.2. The molecule has 122 valence electrons. The van der Waals surface area contributed by atoms with E-state index in [1.165, 1.54) is 0 Å². The minimum Gasteiger partial charge on any atom is -0.342 e. The molecule has 1 aromatic heterocycles. The smallest absolute Gasteiger partial charge is 0.228 e. The fourth-order valence-corrected chi connectivity index (χ4v) is 3.28. The molecule has 1 saturated heterocycles. The number of nitrogens with one attached hydrogen (secondary N) is 1. The van der Waals surface area contributed by atoms with Crippen molar-refractivity contribution < 1.29 is 4.79 Å². The summed E-state index contributed by atoms with van der Waals surface area (Å²) in [6.45, 7) is 4.96. The fourth-order valence-electron chi connectivity index (χ4n) is 2.53. The molecule has 1 aromatic rings. The van der Waals surface area contributed by atoms with E-state index >= 15 is 0 Å². The number of thiazole rings is 1. The molecular formula is C14H25Cl2N3OS. The molecule has 0 saturated carbocycles. The summed E-state index contributed by atoms with van der Waals surface area (Å²) in [7, 11) is 1.99. The summed E-state index contributed by atoms with van der Waals surface area (Å²) in [4.78, 5) is 18.7. The number of aryl methyl sites for hydroxylation is 1. The molecule has 4 nitrogen and oxygen atoms in total. The highest BCUT2D eigenvalue weighted by Gasteiger charge is 2.22. The van der Waals surface area contributed by atoms with Gasteiger partial charge < -0.3 is 10.2 Å². The first-order valence-corrected chi connectivity index (χ1v) is 7.96. The SMILES string of the molecule is CCc1nc(CC(=O)N2CCC(CNC)CC2)cs1.Cl.Cl. The zero-order valence-corrected chi connectivity index (χ0v) is 15.1. The lowest BCUT2D eigenvalue weighted by molar-refractivity contribution is -0.131. The number of hydrogen-bond acceptors (Lipinski definition) is 4. The van der Waals surface area contributed by atoms with E-state index in [1.807, 2.05) is 17.3 Å². The van der Waals surface area contributed by atoms with Gasteiger partial charge in [-0.05, 0) is 38.8 Å². The number of carbonyl (C=O) groups excluding carboxylic acids is 1. The molecular weight excluding hydrogens is 329 g/mol. The van der Waals surface area contributed by atoms with Crippen LogP contribution < -0.4 is 5.32 Å². The van der Waals surface area contributed by atoms with Crippen LogP contribution in [0.5, 0.6) is 0 Å². The van der Waals surface area contributed by atoms with Crippen LogP contribution in [0.1, 0.15) is 30.5 Å². The highest BCUT2D eigenvalue weighted by atomic mass is 35.5. The molecule has 7 heteroatoms. The first-order chi connectivity index (χ1) is 9.22. The van der Waals surface area contributed by atoms with Gasteiger partial charge in [-0.25, -0.2) is 4.98 Å². The van der Waals surface area contributed by atoms with Gasteiger partial charge in [-0.2, -0.15) is 0 Å². The molecule has 2 heterocycles. The Labute approximate surface area is 143 Å². The molecule has 0 unspecified atom stereocenters. The number of amides is 1. The molecule has 2 rings (SSSR count). The predicted molar refractivity (Wildman–Crippen MR) is 92.9 cm³/mol. The van der Waals surface area contributed by atoms with E-state index in [4.69, 9.17) is 0 Å². The summed E-state index contributed by atoms with van der Waals surface area (Å²) in [6, 6.07) is 0. The maximum Gasteiger partial charge on any atom is 0.228 e. The van der Waals surface area contributed by atoms with Crippen LogP contribution in [0.15, 0.2) is 5.38 Å². The number of hydrogen-bond donors (Lipinski definition) is 1. The minimum absolute atomic E-state index is 0. The Morgan fingerprint density at radius 3 is 2.62 bits per heavy atom. The number of rotatable bonds is 5. The number of carbonyl (C=O) groups is 1. The number of aromatic nitrogens is 1. The Bertz CT molecular complexity index is 420. The summed E-state index contributed by atoms with van der Waals surface area (Å²) in [5, 5.41) is 6.36. The molecule has 1 aliphatic rings. The van der Waals surface area contributed by atoms with Crippen molar-refractivity contribution in [3.8, 4) is 0 Å². The van der Waals surface area contributed by atoms with Gasteiger partial charge in [-0.3, -0.25) is 4.79 Å². The average Bonchev–Trinajstić information content (AvgIpc) is 2.87. The Hall–Kier alpha value is -0.360. The van der Waals surface area contributed by atoms with Crippen molar-refractivity contribution in [1.29, 1.82) is 0 Å². The number of halogens is 2. The molecule has 0 aromatic carbocycles. The zero-order valence-electron chi connectivity index (χ0n) is 12.6. The second kappa shape index (κ2) is 10.4. The van der Waals surface area contributed by atoms with E-state index in [2.05, 4.69) is 17.2 Å². The third kappa shape index (κ3) is 6.10. The first kappa shape index (κ1) is 20.6. The van der Waals surface area contributed by atoms with Crippen molar-refractivity contribution in [3.63, 3.8) is 0 Å². The minimum atomic E-state index is 0. The van der Waals surface area contributed by atoms with E-state index in [9.17, 15) is 4.79 Å². The summed E-state index contributed by atoms with van der Waals surface area (Å²) in [6.07, 6.45) is 3.65. The number of likely N-dealkylation sites (tertiary alicyclic amines) is 1. The molecule has 0 radical (unpaired) electrons. The fraction of sp³-hybridized carbons (Fsp3) is 0.714. The molecule has 1 aliphatic heterocycles. The van der Waals surface area contributed by atoms with Crippen LogP contribution in [0.3, 0.4) is 0 Å². The molecule has 0 atom stereocenters. The van der Waals surface area contributed by atoms with Crippen molar-refractivity contribution in [1.82, 2.24) is 15.2 Å². The third-order valence-electron chi connectivity index (χ3n) is 3.69. The van der Waals surface area contributed by atoms with E-state index in [0.29, 0.717) is 6.42 Å². The monoisotopic (exact) mass is 353 g/mol.